The lowest BCUT2D eigenvalue weighted by Gasteiger charge is -2.25. The van der Waals surface area contributed by atoms with Gasteiger partial charge in [-0.3, -0.25) is 4.79 Å². The molecule has 0 aliphatic heterocycles. The van der Waals surface area contributed by atoms with E-state index < -0.39 is 0 Å². The molecule has 2 heterocycles. The second-order valence-corrected chi connectivity index (χ2v) is 13.7. The quantitative estimate of drug-likeness (QED) is 0.172. The maximum Gasteiger partial charge on any atom is 0.200 e. The molecule has 0 aliphatic rings. The number of hydrogen-bond acceptors (Lipinski definition) is 3. The van der Waals surface area contributed by atoms with E-state index in [9.17, 15) is 4.79 Å². The van der Waals surface area contributed by atoms with Crippen LogP contribution < -0.4 is 10.3 Å². The Balaban J connectivity index is 1.19. The van der Waals surface area contributed by atoms with Gasteiger partial charge in [-0.25, -0.2) is 0 Å². The third-order valence-corrected chi connectivity index (χ3v) is 10.0. The summed E-state index contributed by atoms with van der Waals surface area (Å²) in [7, 11) is 0. The van der Waals surface area contributed by atoms with Crippen molar-refractivity contribution >= 4 is 60.8 Å². The lowest BCUT2D eigenvalue weighted by Crippen LogP contribution is -2.10. The average molecular weight is 661 g/mol. The molecule has 4 heteroatoms. The molecule has 0 radical (unpaired) electrons. The first kappa shape index (κ1) is 30.7. The summed E-state index contributed by atoms with van der Waals surface area (Å²) in [6.07, 6.45) is 0. The summed E-state index contributed by atoms with van der Waals surface area (Å²) in [6, 6.07) is 50.1. The van der Waals surface area contributed by atoms with E-state index in [2.05, 4.69) is 110 Å². The monoisotopic (exact) mass is 660 g/mol. The van der Waals surface area contributed by atoms with E-state index in [1.54, 1.807) is 0 Å². The predicted octanol–water partition coefficient (Wildman–Crippen LogP) is 12.4. The summed E-state index contributed by atoms with van der Waals surface area (Å²) in [5.41, 5.74) is 14.6. The van der Waals surface area contributed by atoms with Gasteiger partial charge in [0.05, 0.1) is 21.8 Å². The van der Waals surface area contributed by atoms with E-state index in [-0.39, 0.29) is 5.43 Å². The van der Waals surface area contributed by atoms with Crippen molar-refractivity contribution < 1.29 is 4.42 Å². The molecule has 7 aromatic carbocycles. The summed E-state index contributed by atoms with van der Waals surface area (Å²) >= 11 is 0. The molecule has 0 amide bonds. The number of nitrogens with zero attached hydrogens (tertiary/aromatic N) is 2. The highest BCUT2D eigenvalue weighted by Gasteiger charge is 2.19. The van der Waals surface area contributed by atoms with Crippen LogP contribution in [-0.2, 0) is 0 Å². The van der Waals surface area contributed by atoms with Gasteiger partial charge >= 0.3 is 0 Å². The first-order chi connectivity index (χ1) is 24.8. The fourth-order valence-electron chi connectivity index (χ4n) is 7.88. The van der Waals surface area contributed by atoms with E-state index in [0.29, 0.717) is 21.9 Å². The third-order valence-electron chi connectivity index (χ3n) is 10.0. The van der Waals surface area contributed by atoms with Gasteiger partial charge in [-0.05, 0) is 123 Å². The molecule has 0 atom stereocenters. The second-order valence-electron chi connectivity index (χ2n) is 13.7. The normalized spacial score (nSPS) is 11.6. The fourth-order valence-corrected chi connectivity index (χ4v) is 7.88. The molecule has 2 aromatic heterocycles. The maximum absolute atomic E-state index is 13.9. The van der Waals surface area contributed by atoms with E-state index in [1.807, 2.05) is 72.8 Å². The van der Waals surface area contributed by atoms with Crippen LogP contribution in [-0.4, -0.2) is 4.57 Å². The zero-order chi connectivity index (χ0) is 34.8. The molecule has 0 saturated carbocycles. The molecule has 0 unspecified atom stereocenters. The highest BCUT2D eigenvalue weighted by molar-refractivity contribution is 6.12. The van der Waals surface area contributed by atoms with Crippen molar-refractivity contribution in [1.82, 2.24) is 4.57 Å². The van der Waals surface area contributed by atoms with Crippen molar-refractivity contribution in [3.8, 4) is 16.8 Å². The molecule has 0 N–H and O–H groups in total. The van der Waals surface area contributed by atoms with Crippen LogP contribution in [0, 0.1) is 27.7 Å². The minimum Gasteiger partial charge on any atom is -0.456 e. The first-order valence-electron chi connectivity index (χ1n) is 17.4. The number of benzene rings is 7. The molecule has 246 valence electrons. The number of para-hydroxylation sites is 2. The Morgan fingerprint density at radius 1 is 0.471 bits per heavy atom. The summed E-state index contributed by atoms with van der Waals surface area (Å²) in [5.74, 6) is 0. The molecule has 0 fully saturated rings. The summed E-state index contributed by atoms with van der Waals surface area (Å²) < 4.78 is 9.01. The van der Waals surface area contributed by atoms with E-state index in [0.717, 1.165) is 33.9 Å². The molecule has 0 aliphatic carbocycles. The van der Waals surface area contributed by atoms with Crippen LogP contribution in [0.1, 0.15) is 22.3 Å². The lowest BCUT2D eigenvalue weighted by molar-refractivity contribution is 0.660. The number of anilines is 3. The van der Waals surface area contributed by atoms with Crippen molar-refractivity contribution in [2.75, 3.05) is 4.90 Å². The van der Waals surface area contributed by atoms with Crippen molar-refractivity contribution in [2.45, 2.75) is 27.7 Å². The molecule has 0 spiro atoms. The van der Waals surface area contributed by atoms with E-state index in [4.69, 9.17) is 4.42 Å². The van der Waals surface area contributed by atoms with Crippen LogP contribution in [0.3, 0.4) is 0 Å². The molecule has 0 bridgehead atoms. The van der Waals surface area contributed by atoms with Crippen LogP contribution in [0.15, 0.2) is 155 Å². The zero-order valence-electron chi connectivity index (χ0n) is 29.1. The maximum atomic E-state index is 13.9. The van der Waals surface area contributed by atoms with Crippen LogP contribution in [0.4, 0.5) is 17.1 Å². The number of fused-ring (bicyclic) bond motifs is 5. The molecular weight excluding hydrogens is 625 g/mol. The lowest BCUT2D eigenvalue weighted by atomic mass is 10.0. The predicted molar refractivity (Wildman–Crippen MR) is 213 cm³/mol. The Morgan fingerprint density at radius 2 is 1.02 bits per heavy atom. The van der Waals surface area contributed by atoms with Crippen molar-refractivity contribution in [3.05, 3.63) is 178 Å². The SMILES string of the molecule is Cc1cc(C)c2c(c1)c1cc(C)cc(C)c1n2-c1cccc(-c2ccc3c(=O)c4ccc(N(c5ccccc5)c5ccccc5)cc4oc3c2)c1. The molecule has 9 rings (SSSR count). The summed E-state index contributed by atoms with van der Waals surface area (Å²) in [5, 5.41) is 3.68. The van der Waals surface area contributed by atoms with Gasteiger partial charge < -0.3 is 13.9 Å². The van der Waals surface area contributed by atoms with E-state index in [1.165, 1.54) is 44.1 Å². The van der Waals surface area contributed by atoms with Crippen molar-refractivity contribution in [3.63, 3.8) is 0 Å². The highest BCUT2D eigenvalue weighted by atomic mass is 16.3. The van der Waals surface area contributed by atoms with Crippen molar-refractivity contribution in [2.24, 2.45) is 0 Å². The Bertz CT molecular complexity index is 2760. The Labute approximate surface area is 296 Å². The summed E-state index contributed by atoms with van der Waals surface area (Å²) in [4.78, 5) is 16.0. The van der Waals surface area contributed by atoms with Gasteiger partial charge in [0.15, 0.2) is 0 Å². The van der Waals surface area contributed by atoms with Gasteiger partial charge in [0.25, 0.3) is 0 Å². The van der Waals surface area contributed by atoms with Gasteiger partial charge in [0.2, 0.25) is 5.43 Å². The standard InChI is InChI=1S/C47H36N2O2/c1-29-22-31(3)45-41(24-29)42-25-30(2)23-32(4)46(42)49(45)37-17-11-12-33(26-37)34-18-20-39-43(27-34)51-44-28-38(19-21-40(44)47(39)50)48(35-13-7-5-8-14-35)36-15-9-6-10-16-36/h5-28H,1-4H3. The van der Waals surface area contributed by atoms with E-state index >= 15 is 0 Å². The average Bonchev–Trinajstić information content (AvgIpc) is 3.47. The second kappa shape index (κ2) is 11.9. The smallest absolute Gasteiger partial charge is 0.200 e. The number of aryl methyl sites for hydroxylation is 4. The van der Waals surface area contributed by atoms with Gasteiger partial charge in [0, 0.05) is 39.6 Å². The molecule has 9 aromatic rings. The minimum atomic E-state index is -0.0362. The Kier molecular flexibility index (Phi) is 7.15. The first-order valence-corrected chi connectivity index (χ1v) is 17.4. The minimum absolute atomic E-state index is 0.0362. The van der Waals surface area contributed by atoms with Crippen LogP contribution in [0.25, 0.3) is 60.6 Å². The number of hydrogen-bond donors (Lipinski definition) is 0. The Hall–Kier alpha value is -6.39. The van der Waals surface area contributed by atoms with Gasteiger partial charge in [-0.1, -0.05) is 77.9 Å². The largest absolute Gasteiger partial charge is 0.456 e. The van der Waals surface area contributed by atoms with Crippen LogP contribution >= 0.6 is 0 Å². The molecule has 51 heavy (non-hydrogen) atoms. The van der Waals surface area contributed by atoms with Crippen LogP contribution in [0.5, 0.6) is 0 Å². The van der Waals surface area contributed by atoms with Crippen molar-refractivity contribution in [1.29, 1.82) is 0 Å². The van der Waals surface area contributed by atoms with Gasteiger partial charge in [0.1, 0.15) is 11.2 Å². The number of rotatable bonds is 5. The fraction of sp³-hybridized carbons (Fsp3) is 0.0851. The molecular formula is C47H36N2O2. The zero-order valence-corrected chi connectivity index (χ0v) is 29.1. The van der Waals surface area contributed by atoms with Gasteiger partial charge in [-0.2, -0.15) is 0 Å². The topological polar surface area (TPSA) is 38.4 Å². The number of aromatic nitrogens is 1. The molecule has 4 nitrogen and oxygen atoms in total. The molecule has 0 saturated heterocycles. The summed E-state index contributed by atoms with van der Waals surface area (Å²) in [6.45, 7) is 8.75. The third kappa shape index (κ3) is 5.11. The Morgan fingerprint density at radius 3 is 1.63 bits per heavy atom. The highest BCUT2D eigenvalue weighted by Crippen LogP contribution is 2.39. The van der Waals surface area contributed by atoms with Crippen LogP contribution in [0.2, 0.25) is 0 Å². The van der Waals surface area contributed by atoms with Gasteiger partial charge in [-0.15, -0.1) is 0 Å².